The van der Waals surface area contributed by atoms with Crippen molar-refractivity contribution in [3.05, 3.63) is 0 Å². The molecule has 0 radical (unpaired) electrons. The number of nitriles is 1. The lowest BCUT2D eigenvalue weighted by molar-refractivity contribution is -0.215. The fraction of sp³-hybridized carbons (Fsp3) is 0.929. The zero-order valence-electron chi connectivity index (χ0n) is 12.1. The van der Waals surface area contributed by atoms with Crippen LogP contribution in [0.25, 0.3) is 0 Å². The number of ether oxygens (including phenoxy) is 1. The molecule has 0 aliphatic heterocycles. The van der Waals surface area contributed by atoms with E-state index in [-0.39, 0.29) is 12.5 Å². The van der Waals surface area contributed by atoms with Crippen LogP contribution in [-0.2, 0) is 4.74 Å². The Morgan fingerprint density at radius 1 is 1.50 bits per heavy atom. The number of hydrogen-bond donors (Lipinski definition) is 1. The number of halogens is 3. The van der Waals surface area contributed by atoms with Gasteiger partial charge in [-0.15, -0.1) is 0 Å². The normalized spacial score (nSPS) is 28.3. The first-order valence-electron chi connectivity index (χ1n) is 7.20. The Kier molecular flexibility index (Phi) is 6.28. The van der Waals surface area contributed by atoms with E-state index in [4.69, 9.17) is 4.74 Å². The van der Waals surface area contributed by atoms with Gasteiger partial charge in [0.15, 0.2) is 6.10 Å². The fourth-order valence-electron chi connectivity index (χ4n) is 2.72. The lowest BCUT2D eigenvalue weighted by Crippen LogP contribution is -2.47. The average Bonchev–Trinajstić information content (AvgIpc) is 2.79. The van der Waals surface area contributed by atoms with Gasteiger partial charge in [-0.2, -0.15) is 18.4 Å². The van der Waals surface area contributed by atoms with Crippen LogP contribution in [0.3, 0.4) is 0 Å². The summed E-state index contributed by atoms with van der Waals surface area (Å²) in [7, 11) is 0. The van der Waals surface area contributed by atoms with Crippen LogP contribution in [0.4, 0.5) is 13.2 Å². The smallest absolute Gasteiger partial charge is 0.369 e. The monoisotopic (exact) mass is 292 g/mol. The van der Waals surface area contributed by atoms with Crippen molar-refractivity contribution < 1.29 is 17.9 Å². The molecule has 0 saturated heterocycles. The Morgan fingerprint density at radius 2 is 2.20 bits per heavy atom. The van der Waals surface area contributed by atoms with Crippen molar-refractivity contribution in [2.24, 2.45) is 5.92 Å². The molecular formula is C14H23F3N2O. The number of nitrogens with zero attached hydrogens (tertiary/aromatic N) is 1. The van der Waals surface area contributed by atoms with Crippen LogP contribution in [0.1, 0.15) is 46.0 Å². The third-order valence-corrected chi connectivity index (χ3v) is 4.01. The lowest BCUT2D eigenvalue weighted by atomic mass is 9.86. The van der Waals surface area contributed by atoms with E-state index >= 15 is 0 Å². The molecule has 1 fully saturated rings. The third-order valence-electron chi connectivity index (χ3n) is 4.01. The van der Waals surface area contributed by atoms with Gasteiger partial charge < -0.3 is 4.74 Å². The molecule has 0 spiro atoms. The van der Waals surface area contributed by atoms with Crippen LogP contribution in [0.5, 0.6) is 0 Å². The summed E-state index contributed by atoms with van der Waals surface area (Å²) in [5.41, 5.74) is -0.582. The summed E-state index contributed by atoms with van der Waals surface area (Å²) in [6.07, 6.45) is -2.07. The zero-order chi connectivity index (χ0) is 15.2. The van der Waals surface area contributed by atoms with Crippen molar-refractivity contribution in [1.82, 2.24) is 5.32 Å². The van der Waals surface area contributed by atoms with Crippen molar-refractivity contribution >= 4 is 0 Å². The van der Waals surface area contributed by atoms with Gasteiger partial charge in [-0.3, -0.25) is 5.32 Å². The topological polar surface area (TPSA) is 45.0 Å². The lowest BCUT2D eigenvalue weighted by Gasteiger charge is -2.30. The summed E-state index contributed by atoms with van der Waals surface area (Å²) < 4.78 is 41.9. The predicted molar refractivity (Wildman–Crippen MR) is 70.1 cm³/mol. The van der Waals surface area contributed by atoms with Gasteiger partial charge >= 0.3 is 6.18 Å². The van der Waals surface area contributed by atoms with E-state index in [1.165, 1.54) is 0 Å². The summed E-state index contributed by atoms with van der Waals surface area (Å²) in [5, 5.41) is 12.7. The maximum atomic E-state index is 12.3. The molecule has 1 saturated carbocycles. The van der Waals surface area contributed by atoms with Gasteiger partial charge in [0.05, 0.1) is 6.07 Å². The fourth-order valence-corrected chi connectivity index (χ4v) is 2.72. The molecule has 1 rings (SSSR count). The number of hydrogen-bond acceptors (Lipinski definition) is 3. The van der Waals surface area contributed by atoms with Gasteiger partial charge in [-0.1, -0.05) is 13.3 Å². The predicted octanol–water partition coefficient (Wildman–Crippen LogP) is 3.41. The zero-order valence-corrected chi connectivity index (χ0v) is 12.1. The molecule has 1 N–H and O–H groups in total. The van der Waals surface area contributed by atoms with Gasteiger partial charge in [0, 0.05) is 6.61 Å². The summed E-state index contributed by atoms with van der Waals surface area (Å²) in [5.74, 6) is 0.0690. The molecule has 3 unspecified atom stereocenters. The highest BCUT2D eigenvalue weighted by Crippen LogP contribution is 2.37. The Hall–Kier alpha value is -0.800. The van der Waals surface area contributed by atoms with Gasteiger partial charge in [0.1, 0.15) is 5.54 Å². The second kappa shape index (κ2) is 7.28. The minimum Gasteiger partial charge on any atom is -0.369 e. The molecule has 0 bridgehead atoms. The Morgan fingerprint density at radius 3 is 2.75 bits per heavy atom. The summed E-state index contributed by atoms with van der Waals surface area (Å²) >= 11 is 0. The van der Waals surface area contributed by atoms with Crippen molar-refractivity contribution in [2.45, 2.75) is 63.8 Å². The molecule has 6 heteroatoms. The molecular weight excluding hydrogens is 269 g/mol. The Labute approximate surface area is 118 Å². The van der Waals surface area contributed by atoms with E-state index in [0.29, 0.717) is 6.42 Å². The van der Waals surface area contributed by atoms with Crippen LogP contribution in [0, 0.1) is 17.2 Å². The van der Waals surface area contributed by atoms with Crippen LogP contribution in [0.2, 0.25) is 0 Å². The minimum atomic E-state index is -4.32. The van der Waals surface area contributed by atoms with Crippen molar-refractivity contribution in [3.63, 3.8) is 0 Å². The Balaban J connectivity index is 2.48. The quantitative estimate of drug-likeness (QED) is 0.782. The van der Waals surface area contributed by atoms with Crippen LogP contribution >= 0.6 is 0 Å². The Bertz CT molecular complexity index is 340. The van der Waals surface area contributed by atoms with Gasteiger partial charge in [0.25, 0.3) is 0 Å². The highest BCUT2D eigenvalue weighted by molar-refractivity contribution is 5.14. The maximum absolute atomic E-state index is 12.3. The van der Waals surface area contributed by atoms with E-state index in [2.05, 4.69) is 11.4 Å². The molecule has 20 heavy (non-hydrogen) atoms. The second-order valence-corrected chi connectivity index (χ2v) is 5.44. The highest BCUT2D eigenvalue weighted by atomic mass is 19.4. The van der Waals surface area contributed by atoms with Crippen LogP contribution < -0.4 is 5.32 Å². The molecule has 1 aliphatic rings. The molecule has 0 aromatic rings. The molecule has 116 valence electrons. The first-order chi connectivity index (χ1) is 9.35. The van der Waals surface area contributed by atoms with E-state index < -0.39 is 17.8 Å². The average molecular weight is 292 g/mol. The third kappa shape index (κ3) is 4.35. The van der Waals surface area contributed by atoms with Crippen molar-refractivity contribution in [3.8, 4) is 6.07 Å². The summed E-state index contributed by atoms with van der Waals surface area (Å²) in [6, 6.07) is 2.34. The SMILES string of the molecule is CCCNC1(C#N)CCCC1CCOC(C)C(F)(F)F. The first kappa shape index (κ1) is 17.3. The highest BCUT2D eigenvalue weighted by Gasteiger charge is 2.43. The molecule has 0 aromatic heterocycles. The maximum Gasteiger partial charge on any atom is 0.414 e. The van der Waals surface area contributed by atoms with Gasteiger partial charge in [0.2, 0.25) is 0 Å². The molecule has 0 aromatic carbocycles. The number of nitrogens with one attached hydrogen (secondary N) is 1. The van der Waals surface area contributed by atoms with E-state index in [9.17, 15) is 18.4 Å². The van der Waals surface area contributed by atoms with Crippen molar-refractivity contribution in [2.75, 3.05) is 13.2 Å². The van der Waals surface area contributed by atoms with Crippen LogP contribution in [-0.4, -0.2) is 31.0 Å². The summed E-state index contributed by atoms with van der Waals surface area (Å²) in [4.78, 5) is 0. The number of rotatable bonds is 7. The standard InChI is InChI=1S/C14H23F3N2O/c1-3-8-19-13(10-18)7-4-5-12(13)6-9-20-11(2)14(15,16)17/h11-12,19H,3-9H2,1-2H3. The van der Waals surface area contributed by atoms with Crippen molar-refractivity contribution in [1.29, 1.82) is 5.26 Å². The number of alkyl halides is 3. The van der Waals surface area contributed by atoms with Gasteiger partial charge in [-0.05, 0) is 45.1 Å². The second-order valence-electron chi connectivity index (χ2n) is 5.44. The summed E-state index contributed by atoms with van der Waals surface area (Å²) in [6.45, 7) is 3.84. The van der Waals surface area contributed by atoms with E-state index in [1.807, 2.05) is 6.92 Å². The molecule has 0 heterocycles. The first-order valence-corrected chi connectivity index (χ1v) is 7.20. The van der Waals surface area contributed by atoms with E-state index in [0.717, 1.165) is 39.2 Å². The van der Waals surface area contributed by atoms with Gasteiger partial charge in [-0.25, -0.2) is 0 Å². The molecule has 0 amide bonds. The molecule has 1 aliphatic carbocycles. The molecule has 3 nitrogen and oxygen atoms in total. The molecule has 3 atom stereocenters. The van der Waals surface area contributed by atoms with Crippen LogP contribution in [0.15, 0.2) is 0 Å². The minimum absolute atomic E-state index is 0.0442. The largest absolute Gasteiger partial charge is 0.414 e. The van der Waals surface area contributed by atoms with E-state index in [1.54, 1.807) is 0 Å².